The molecule has 0 aromatic heterocycles. The van der Waals surface area contributed by atoms with Crippen LogP contribution in [-0.4, -0.2) is 20.5 Å². The van der Waals surface area contributed by atoms with E-state index in [1.807, 2.05) is 0 Å². The van der Waals surface area contributed by atoms with Gasteiger partial charge in [-0.05, 0) is 38.0 Å². The summed E-state index contributed by atoms with van der Waals surface area (Å²) in [7, 11) is -1.54. The second-order valence-corrected chi connectivity index (χ2v) is 9.99. The highest BCUT2D eigenvalue weighted by Gasteiger charge is 2.27. The van der Waals surface area contributed by atoms with Crippen molar-refractivity contribution in [2.45, 2.75) is 70.3 Å². The van der Waals surface area contributed by atoms with Gasteiger partial charge in [0.25, 0.3) is 0 Å². The Hall–Kier alpha value is -0.513. The van der Waals surface area contributed by atoms with Gasteiger partial charge in [0.15, 0.2) is 8.32 Å². The highest BCUT2D eigenvalue weighted by molar-refractivity contribution is 6.69. The quantitative estimate of drug-likeness (QED) is 0.315. The minimum Gasteiger partial charge on any atom is -0.414 e. The molecule has 0 spiro atoms. The maximum Gasteiger partial charge on any atom is 0.184 e. The lowest BCUT2D eigenvalue weighted by Gasteiger charge is -2.31. The van der Waals surface area contributed by atoms with Crippen molar-refractivity contribution in [3.63, 3.8) is 0 Å². The van der Waals surface area contributed by atoms with Crippen molar-refractivity contribution in [2.75, 3.05) is 0 Å². The summed E-state index contributed by atoms with van der Waals surface area (Å²) in [6, 6.07) is 0.0528. The van der Waals surface area contributed by atoms with Crippen LogP contribution in [0.4, 0.5) is 0 Å². The molecular weight excluding hydrogens is 218 g/mol. The largest absolute Gasteiger partial charge is 0.414 e. The number of rotatable bonds is 3. The van der Waals surface area contributed by atoms with Gasteiger partial charge in [-0.25, -0.2) is 0 Å². The van der Waals surface area contributed by atoms with Gasteiger partial charge in [0.1, 0.15) is 0 Å². The van der Waals surface area contributed by atoms with Crippen molar-refractivity contribution in [1.82, 2.24) is 0 Å². The third-order valence-corrected chi connectivity index (χ3v) is 3.88. The van der Waals surface area contributed by atoms with Crippen molar-refractivity contribution in [3.05, 3.63) is 10.4 Å². The normalized spacial score (nSPS) is 27.7. The Balaban J connectivity index is 2.67. The molecule has 5 heteroatoms. The van der Waals surface area contributed by atoms with Crippen LogP contribution in [0.3, 0.4) is 0 Å². The molecule has 92 valence electrons. The molecule has 1 saturated carbocycles. The van der Waals surface area contributed by atoms with Crippen LogP contribution in [0.5, 0.6) is 0 Å². The summed E-state index contributed by atoms with van der Waals surface area (Å²) in [5.74, 6) is 0. The zero-order valence-electron chi connectivity index (χ0n) is 10.6. The number of azide groups is 1. The molecule has 1 fully saturated rings. The maximum absolute atomic E-state index is 8.61. The summed E-state index contributed by atoms with van der Waals surface area (Å²) in [6.45, 7) is 6.58. The molecule has 0 aliphatic heterocycles. The average molecular weight is 241 g/mol. The second-order valence-electron chi connectivity index (χ2n) is 5.53. The molecule has 0 bridgehead atoms. The Bertz CT molecular complexity index is 258. The second kappa shape index (κ2) is 6.28. The van der Waals surface area contributed by atoms with Crippen LogP contribution < -0.4 is 0 Å². The van der Waals surface area contributed by atoms with Gasteiger partial charge < -0.3 is 4.43 Å². The van der Waals surface area contributed by atoms with Crippen molar-refractivity contribution >= 4 is 8.32 Å². The SMILES string of the molecule is C[Si](C)(C)O[C@H]1CCCCCC[C@@H]1N=[N+]=[N-]. The number of hydrogen-bond donors (Lipinski definition) is 0. The zero-order chi connectivity index (χ0) is 12.0. The third-order valence-electron chi connectivity index (χ3n) is 2.87. The van der Waals surface area contributed by atoms with E-state index >= 15 is 0 Å². The molecule has 0 aromatic carbocycles. The van der Waals surface area contributed by atoms with Crippen LogP contribution in [-0.2, 0) is 4.43 Å². The molecule has 4 nitrogen and oxygen atoms in total. The molecule has 2 atom stereocenters. The Morgan fingerprint density at radius 1 is 1.12 bits per heavy atom. The smallest absolute Gasteiger partial charge is 0.184 e. The lowest BCUT2D eigenvalue weighted by Crippen LogP contribution is -2.38. The Labute approximate surface area is 99.1 Å². The first-order valence-electron chi connectivity index (χ1n) is 6.25. The number of nitrogens with zero attached hydrogens (tertiary/aromatic N) is 3. The highest BCUT2D eigenvalue weighted by Crippen LogP contribution is 2.25. The standard InChI is InChI=1S/C11H23N3OSi/c1-16(2,3)15-11-9-7-5-4-6-8-10(11)13-14-12/h10-11H,4-9H2,1-3H3/t10-,11-/m0/s1. The molecule has 1 aliphatic carbocycles. The van der Waals surface area contributed by atoms with E-state index < -0.39 is 8.32 Å². The molecule has 0 unspecified atom stereocenters. The average Bonchev–Trinajstić information content (AvgIpc) is 2.14. The first-order chi connectivity index (χ1) is 7.53. The highest BCUT2D eigenvalue weighted by atomic mass is 28.4. The van der Waals surface area contributed by atoms with E-state index in [9.17, 15) is 0 Å². The van der Waals surface area contributed by atoms with E-state index in [2.05, 4.69) is 29.7 Å². The minimum atomic E-state index is -1.54. The predicted octanol–water partition coefficient (Wildman–Crippen LogP) is 4.24. The summed E-state index contributed by atoms with van der Waals surface area (Å²) in [4.78, 5) is 2.97. The Morgan fingerprint density at radius 2 is 1.75 bits per heavy atom. The van der Waals surface area contributed by atoms with E-state index in [-0.39, 0.29) is 12.1 Å². The van der Waals surface area contributed by atoms with Crippen molar-refractivity contribution in [2.24, 2.45) is 5.11 Å². The van der Waals surface area contributed by atoms with Gasteiger partial charge in [-0.2, -0.15) is 0 Å². The van der Waals surface area contributed by atoms with Crippen LogP contribution in [0, 0.1) is 0 Å². The fourth-order valence-electron chi connectivity index (χ4n) is 2.22. The van der Waals surface area contributed by atoms with Crippen molar-refractivity contribution in [1.29, 1.82) is 0 Å². The van der Waals surface area contributed by atoms with Gasteiger partial charge in [0.2, 0.25) is 0 Å². The van der Waals surface area contributed by atoms with Gasteiger partial charge in [-0.3, -0.25) is 0 Å². The molecule has 0 N–H and O–H groups in total. The predicted molar refractivity (Wildman–Crippen MR) is 68.9 cm³/mol. The van der Waals surface area contributed by atoms with Gasteiger partial charge in [0, 0.05) is 4.91 Å². The van der Waals surface area contributed by atoms with Crippen molar-refractivity contribution < 1.29 is 4.43 Å². The third kappa shape index (κ3) is 5.01. The molecule has 1 aliphatic rings. The summed E-state index contributed by atoms with van der Waals surface area (Å²) in [5, 5.41) is 3.93. The first-order valence-corrected chi connectivity index (χ1v) is 9.66. The van der Waals surface area contributed by atoms with E-state index in [1.165, 1.54) is 19.3 Å². The molecule has 0 aromatic rings. The van der Waals surface area contributed by atoms with Crippen LogP contribution in [0.25, 0.3) is 10.4 Å². The van der Waals surface area contributed by atoms with Crippen molar-refractivity contribution in [3.8, 4) is 0 Å². The molecule has 1 rings (SSSR count). The van der Waals surface area contributed by atoms with Gasteiger partial charge in [-0.1, -0.05) is 30.8 Å². The molecule has 0 heterocycles. The lowest BCUT2D eigenvalue weighted by atomic mass is 9.95. The summed E-state index contributed by atoms with van der Waals surface area (Å²) >= 11 is 0. The minimum absolute atomic E-state index is 0.0528. The summed E-state index contributed by atoms with van der Waals surface area (Å²) in [5.41, 5.74) is 8.61. The van der Waals surface area contributed by atoms with Gasteiger partial charge in [-0.15, -0.1) is 0 Å². The maximum atomic E-state index is 8.61. The van der Waals surface area contributed by atoms with E-state index in [0.29, 0.717) is 0 Å². The van der Waals surface area contributed by atoms with Crippen LogP contribution >= 0.6 is 0 Å². The zero-order valence-corrected chi connectivity index (χ0v) is 11.6. The molecule has 0 amide bonds. The molecule has 16 heavy (non-hydrogen) atoms. The molecule has 0 radical (unpaired) electrons. The van der Waals surface area contributed by atoms with E-state index in [4.69, 9.17) is 9.96 Å². The van der Waals surface area contributed by atoms with Crippen LogP contribution in [0.15, 0.2) is 5.11 Å². The summed E-state index contributed by atoms with van der Waals surface area (Å²) < 4.78 is 6.15. The molecule has 0 saturated heterocycles. The van der Waals surface area contributed by atoms with Crippen LogP contribution in [0.1, 0.15) is 38.5 Å². The van der Waals surface area contributed by atoms with E-state index in [0.717, 1.165) is 19.3 Å². The fourth-order valence-corrected chi connectivity index (χ4v) is 3.40. The number of hydrogen-bond acceptors (Lipinski definition) is 2. The van der Waals surface area contributed by atoms with Crippen LogP contribution in [0.2, 0.25) is 19.6 Å². The monoisotopic (exact) mass is 241 g/mol. The summed E-state index contributed by atoms with van der Waals surface area (Å²) in [6.07, 6.45) is 7.10. The Kier molecular flexibility index (Phi) is 5.32. The first kappa shape index (κ1) is 13.6. The van der Waals surface area contributed by atoms with Gasteiger partial charge >= 0.3 is 0 Å². The topological polar surface area (TPSA) is 58.0 Å². The fraction of sp³-hybridized carbons (Fsp3) is 1.00. The van der Waals surface area contributed by atoms with Gasteiger partial charge in [0.05, 0.1) is 12.1 Å². The Morgan fingerprint density at radius 3 is 2.31 bits per heavy atom. The molecular formula is C11H23N3OSi. The lowest BCUT2D eigenvalue weighted by molar-refractivity contribution is 0.138. The van der Waals surface area contributed by atoms with E-state index in [1.54, 1.807) is 0 Å².